The highest BCUT2D eigenvalue weighted by molar-refractivity contribution is 5.92. The van der Waals surface area contributed by atoms with Gasteiger partial charge >= 0.3 is 11.9 Å². The Balaban J connectivity index is 2.09. The van der Waals surface area contributed by atoms with Crippen LogP contribution in [0.15, 0.2) is 30.5 Å². The van der Waals surface area contributed by atoms with Crippen LogP contribution in [0.1, 0.15) is 32.3 Å². The van der Waals surface area contributed by atoms with E-state index in [2.05, 4.69) is 15.6 Å². The molecule has 2 aromatic rings. The zero-order valence-electron chi connectivity index (χ0n) is 17.4. The topological polar surface area (TPSA) is 175 Å². The highest BCUT2D eigenvalue weighted by atomic mass is 16.4. The van der Waals surface area contributed by atoms with Gasteiger partial charge in [-0.2, -0.15) is 0 Å². The fourth-order valence-electron chi connectivity index (χ4n) is 3.21. The lowest BCUT2D eigenvalue weighted by Crippen LogP contribution is -2.55. The van der Waals surface area contributed by atoms with Crippen LogP contribution in [-0.4, -0.2) is 57.1 Å². The fourth-order valence-corrected chi connectivity index (χ4v) is 3.21. The van der Waals surface area contributed by atoms with Gasteiger partial charge in [-0.05, 0) is 30.4 Å². The van der Waals surface area contributed by atoms with Crippen molar-refractivity contribution in [2.24, 2.45) is 11.7 Å². The second-order valence-corrected chi connectivity index (χ2v) is 7.73. The lowest BCUT2D eigenvalue weighted by atomic mass is 10.0. The smallest absolute Gasteiger partial charge is 0.326 e. The summed E-state index contributed by atoms with van der Waals surface area (Å²) in [6, 6.07) is 4.15. The van der Waals surface area contributed by atoms with Gasteiger partial charge in [-0.25, -0.2) is 4.79 Å². The summed E-state index contributed by atoms with van der Waals surface area (Å²) in [5.74, 6) is -4.17. The molecular formula is C21H28N4O6. The summed E-state index contributed by atoms with van der Waals surface area (Å²) in [5.41, 5.74) is 7.76. The van der Waals surface area contributed by atoms with Crippen LogP contribution in [0.3, 0.4) is 0 Å². The molecule has 168 valence electrons. The van der Waals surface area contributed by atoms with Crippen LogP contribution in [0.4, 0.5) is 0 Å². The number of nitrogens with two attached hydrogens (primary N) is 1. The number of carboxylic acids is 2. The Morgan fingerprint density at radius 1 is 1.06 bits per heavy atom. The number of nitrogens with one attached hydrogen (secondary N) is 3. The molecule has 0 bridgehead atoms. The number of hydrogen-bond donors (Lipinski definition) is 6. The molecule has 1 heterocycles. The average molecular weight is 432 g/mol. The number of rotatable bonds is 11. The van der Waals surface area contributed by atoms with Crippen molar-refractivity contribution in [3.05, 3.63) is 36.0 Å². The van der Waals surface area contributed by atoms with Gasteiger partial charge in [0.05, 0.1) is 6.04 Å². The number of carbonyl (C=O) groups excluding carboxylic acids is 2. The SMILES string of the molecule is CC(C)[C@H](NC(=O)[C@H](CCC(=O)O)NC(=O)[C@@H](N)Cc1c[nH]c2ccccc12)C(=O)O. The number of carbonyl (C=O) groups is 4. The van der Waals surface area contributed by atoms with Crippen molar-refractivity contribution >= 4 is 34.7 Å². The molecule has 0 radical (unpaired) electrons. The molecule has 7 N–H and O–H groups in total. The number of aromatic amines is 1. The number of aromatic nitrogens is 1. The van der Waals surface area contributed by atoms with Crippen LogP contribution >= 0.6 is 0 Å². The van der Waals surface area contributed by atoms with E-state index in [1.54, 1.807) is 20.0 Å². The number of hydrogen-bond acceptors (Lipinski definition) is 5. The Hall–Kier alpha value is -3.40. The summed E-state index contributed by atoms with van der Waals surface area (Å²) in [5, 5.41) is 24.0. The van der Waals surface area contributed by atoms with E-state index in [0.29, 0.717) is 0 Å². The number of aliphatic carboxylic acids is 2. The van der Waals surface area contributed by atoms with Crippen LogP contribution in [-0.2, 0) is 25.6 Å². The minimum absolute atomic E-state index is 0.197. The minimum atomic E-state index is -1.22. The Kier molecular flexibility index (Phi) is 8.14. The molecule has 0 aliphatic heterocycles. The fraction of sp³-hybridized carbons (Fsp3) is 0.429. The standard InChI is InChI=1S/C21H28N4O6/c1-11(2)18(21(30)31)25-20(29)16(7-8-17(26)27)24-19(28)14(22)9-12-10-23-15-6-4-3-5-13(12)15/h3-6,10-11,14,16,18,23H,7-9,22H2,1-2H3,(H,24,28)(H,25,29)(H,26,27)(H,30,31)/t14-,16-,18-/m0/s1. The van der Waals surface area contributed by atoms with E-state index in [0.717, 1.165) is 16.5 Å². The lowest BCUT2D eigenvalue weighted by molar-refractivity contribution is -0.144. The predicted molar refractivity (Wildman–Crippen MR) is 113 cm³/mol. The molecule has 2 rings (SSSR count). The predicted octanol–water partition coefficient (Wildman–Crippen LogP) is 0.613. The number of carboxylic acid groups (broad SMARTS) is 2. The van der Waals surface area contributed by atoms with Crippen LogP contribution < -0.4 is 16.4 Å². The van der Waals surface area contributed by atoms with Crippen LogP contribution in [0.5, 0.6) is 0 Å². The van der Waals surface area contributed by atoms with E-state index in [1.165, 1.54) is 0 Å². The first-order chi connectivity index (χ1) is 14.6. The first kappa shape index (κ1) is 23.9. The van der Waals surface area contributed by atoms with E-state index >= 15 is 0 Å². The molecule has 3 atom stereocenters. The van der Waals surface area contributed by atoms with Crippen molar-refractivity contribution in [1.29, 1.82) is 0 Å². The molecule has 10 nitrogen and oxygen atoms in total. The lowest BCUT2D eigenvalue weighted by Gasteiger charge is -2.24. The average Bonchev–Trinajstić information content (AvgIpc) is 3.11. The number of H-pyrrole nitrogens is 1. The summed E-state index contributed by atoms with van der Waals surface area (Å²) in [4.78, 5) is 50.6. The van der Waals surface area contributed by atoms with Gasteiger partial charge in [0, 0.05) is 23.5 Å². The molecular weight excluding hydrogens is 404 g/mol. The van der Waals surface area contributed by atoms with E-state index in [-0.39, 0.29) is 19.3 Å². The van der Waals surface area contributed by atoms with Crippen LogP contribution in [0.2, 0.25) is 0 Å². The molecule has 31 heavy (non-hydrogen) atoms. The minimum Gasteiger partial charge on any atom is -0.481 e. The molecule has 2 amide bonds. The second-order valence-electron chi connectivity index (χ2n) is 7.73. The van der Waals surface area contributed by atoms with Crippen LogP contribution in [0, 0.1) is 5.92 Å². The van der Waals surface area contributed by atoms with Crippen molar-refractivity contribution in [3.8, 4) is 0 Å². The maximum absolute atomic E-state index is 12.6. The normalized spacial score (nSPS) is 14.1. The van der Waals surface area contributed by atoms with Gasteiger partial charge in [0.15, 0.2) is 0 Å². The van der Waals surface area contributed by atoms with Gasteiger partial charge in [-0.15, -0.1) is 0 Å². The summed E-state index contributed by atoms with van der Waals surface area (Å²) in [6.07, 6.45) is 1.38. The molecule has 0 saturated carbocycles. The molecule has 0 aliphatic carbocycles. The van der Waals surface area contributed by atoms with Crippen molar-refractivity contribution in [2.45, 2.75) is 51.2 Å². The zero-order valence-corrected chi connectivity index (χ0v) is 17.4. The third-order valence-electron chi connectivity index (χ3n) is 4.96. The van der Waals surface area contributed by atoms with Gasteiger partial charge in [-0.3, -0.25) is 14.4 Å². The van der Waals surface area contributed by atoms with E-state index < -0.39 is 47.8 Å². The van der Waals surface area contributed by atoms with E-state index in [4.69, 9.17) is 10.8 Å². The Labute approximate surface area is 179 Å². The number of benzene rings is 1. The largest absolute Gasteiger partial charge is 0.481 e. The van der Waals surface area contributed by atoms with Gasteiger partial charge in [0.1, 0.15) is 12.1 Å². The van der Waals surface area contributed by atoms with Crippen molar-refractivity contribution < 1.29 is 29.4 Å². The molecule has 0 fully saturated rings. The third kappa shape index (κ3) is 6.54. The summed E-state index contributed by atoms with van der Waals surface area (Å²) < 4.78 is 0. The quantitative estimate of drug-likeness (QED) is 0.301. The highest BCUT2D eigenvalue weighted by Gasteiger charge is 2.30. The molecule has 0 aliphatic rings. The molecule has 0 unspecified atom stereocenters. The Bertz CT molecular complexity index is 954. The summed E-state index contributed by atoms with van der Waals surface area (Å²) in [7, 11) is 0. The Morgan fingerprint density at radius 2 is 1.74 bits per heavy atom. The van der Waals surface area contributed by atoms with Crippen molar-refractivity contribution in [1.82, 2.24) is 15.6 Å². The summed E-state index contributed by atoms with van der Waals surface area (Å²) in [6.45, 7) is 3.25. The Morgan fingerprint density at radius 3 is 2.35 bits per heavy atom. The van der Waals surface area contributed by atoms with Gasteiger partial charge in [-0.1, -0.05) is 32.0 Å². The first-order valence-corrected chi connectivity index (χ1v) is 9.96. The third-order valence-corrected chi connectivity index (χ3v) is 4.96. The maximum Gasteiger partial charge on any atom is 0.326 e. The molecule has 0 spiro atoms. The number of para-hydroxylation sites is 1. The molecule has 10 heteroatoms. The summed E-state index contributed by atoms with van der Waals surface area (Å²) >= 11 is 0. The zero-order chi connectivity index (χ0) is 23.1. The van der Waals surface area contributed by atoms with Crippen LogP contribution in [0.25, 0.3) is 10.9 Å². The monoisotopic (exact) mass is 432 g/mol. The molecule has 0 saturated heterocycles. The highest BCUT2D eigenvalue weighted by Crippen LogP contribution is 2.18. The van der Waals surface area contributed by atoms with E-state index in [9.17, 15) is 24.3 Å². The first-order valence-electron chi connectivity index (χ1n) is 9.96. The number of amides is 2. The molecule has 1 aromatic heterocycles. The molecule has 1 aromatic carbocycles. The second kappa shape index (κ2) is 10.6. The maximum atomic E-state index is 12.6. The number of fused-ring (bicyclic) bond motifs is 1. The van der Waals surface area contributed by atoms with Crippen molar-refractivity contribution in [2.75, 3.05) is 0 Å². The van der Waals surface area contributed by atoms with E-state index in [1.807, 2.05) is 24.3 Å². The van der Waals surface area contributed by atoms with Crippen molar-refractivity contribution in [3.63, 3.8) is 0 Å². The van der Waals surface area contributed by atoms with Gasteiger partial charge < -0.3 is 31.6 Å². The van der Waals surface area contributed by atoms with Gasteiger partial charge in [0.2, 0.25) is 11.8 Å². The van der Waals surface area contributed by atoms with Gasteiger partial charge in [0.25, 0.3) is 0 Å².